The molecule has 0 atom stereocenters. The van der Waals surface area contributed by atoms with E-state index >= 15 is 0 Å². The van der Waals surface area contributed by atoms with E-state index in [1.165, 1.54) is 0 Å². The van der Waals surface area contributed by atoms with Crippen LogP contribution in [-0.4, -0.2) is 15.0 Å². The highest BCUT2D eigenvalue weighted by molar-refractivity contribution is 6.35. The number of halogens is 2. The van der Waals surface area contributed by atoms with Gasteiger partial charge in [0.1, 0.15) is 5.82 Å². The third-order valence-electron chi connectivity index (χ3n) is 3.84. The Balaban J connectivity index is 1.66. The number of nitrogens with zero attached hydrogens (tertiary/aromatic N) is 3. The lowest BCUT2D eigenvalue weighted by Crippen LogP contribution is -2.02. The Kier molecular flexibility index (Phi) is 4.32. The van der Waals surface area contributed by atoms with Crippen molar-refractivity contribution in [2.75, 3.05) is 11.1 Å². The summed E-state index contributed by atoms with van der Waals surface area (Å²) in [5.74, 6) is 0.714. The number of fused-ring (bicyclic) bond motifs is 1. The molecule has 3 N–H and O–H groups in total. The quantitative estimate of drug-likeness (QED) is 0.501. The lowest BCUT2D eigenvalue weighted by molar-refractivity contribution is 1.17. The van der Waals surface area contributed by atoms with Gasteiger partial charge in [0, 0.05) is 44.6 Å². The van der Waals surface area contributed by atoms with Crippen LogP contribution in [0.15, 0.2) is 60.9 Å². The van der Waals surface area contributed by atoms with E-state index in [0.717, 1.165) is 22.0 Å². The molecular formula is C19H13Cl2N5. The predicted molar refractivity (Wildman–Crippen MR) is 107 cm³/mol. The summed E-state index contributed by atoms with van der Waals surface area (Å²) in [6.07, 6.45) is 3.43. The van der Waals surface area contributed by atoms with E-state index in [-0.39, 0.29) is 0 Å². The van der Waals surface area contributed by atoms with Gasteiger partial charge in [-0.05, 0) is 30.3 Å². The molecule has 2 aromatic carbocycles. The first kappa shape index (κ1) is 16.6. The first-order chi connectivity index (χ1) is 12.6. The zero-order valence-electron chi connectivity index (χ0n) is 13.4. The smallest absolute Gasteiger partial charge is 0.229 e. The third kappa shape index (κ3) is 3.40. The lowest BCUT2D eigenvalue weighted by atomic mass is 10.1. The Bertz CT molecular complexity index is 1090. The van der Waals surface area contributed by atoms with E-state index in [1.54, 1.807) is 30.6 Å². The van der Waals surface area contributed by atoms with Crippen molar-refractivity contribution >= 4 is 51.6 Å². The van der Waals surface area contributed by atoms with Gasteiger partial charge < -0.3 is 11.1 Å². The standard InChI is InChI=1S/C19H13Cl2N5/c20-13-6-14(21)8-15(7-13)25-19-24-10-16(18(22)26-19)12-5-11-3-1-2-4-17(11)23-9-12/h1-10H,(H3,22,24,25,26). The van der Waals surface area contributed by atoms with Gasteiger partial charge in [-0.2, -0.15) is 4.98 Å². The molecule has 0 radical (unpaired) electrons. The molecular weight excluding hydrogens is 369 g/mol. The van der Waals surface area contributed by atoms with E-state index in [4.69, 9.17) is 28.9 Å². The van der Waals surface area contributed by atoms with E-state index < -0.39 is 0 Å². The topological polar surface area (TPSA) is 76.7 Å². The van der Waals surface area contributed by atoms with E-state index in [0.29, 0.717) is 27.5 Å². The van der Waals surface area contributed by atoms with Crippen LogP contribution in [0.4, 0.5) is 17.5 Å². The van der Waals surface area contributed by atoms with Crippen molar-refractivity contribution in [3.63, 3.8) is 0 Å². The molecule has 4 aromatic rings. The van der Waals surface area contributed by atoms with Gasteiger partial charge in [0.05, 0.1) is 5.52 Å². The Morgan fingerprint density at radius 1 is 0.885 bits per heavy atom. The molecule has 26 heavy (non-hydrogen) atoms. The average molecular weight is 382 g/mol. The Hall–Kier alpha value is -2.89. The number of anilines is 3. The summed E-state index contributed by atoms with van der Waals surface area (Å²) >= 11 is 12.0. The summed E-state index contributed by atoms with van der Waals surface area (Å²) in [5.41, 5.74) is 9.33. The van der Waals surface area contributed by atoms with Crippen LogP contribution in [-0.2, 0) is 0 Å². The van der Waals surface area contributed by atoms with Gasteiger partial charge in [-0.15, -0.1) is 0 Å². The van der Waals surface area contributed by atoms with Crippen molar-refractivity contribution in [2.24, 2.45) is 0 Å². The van der Waals surface area contributed by atoms with Crippen molar-refractivity contribution in [3.05, 3.63) is 71.0 Å². The highest BCUT2D eigenvalue weighted by Gasteiger charge is 2.09. The first-order valence-electron chi connectivity index (χ1n) is 7.79. The van der Waals surface area contributed by atoms with Crippen LogP contribution in [0, 0.1) is 0 Å². The van der Waals surface area contributed by atoms with Gasteiger partial charge in [-0.25, -0.2) is 4.98 Å². The zero-order valence-corrected chi connectivity index (χ0v) is 15.0. The Morgan fingerprint density at radius 3 is 2.42 bits per heavy atom. The van der Waals surface area contributed by atoms with Crippen LogP contribution in [0.3, 0.4) is 0 Å². The number of nitrogen functional groups attached to an aromatic ring is 1. The molecule has 2 heterocycles. The van der Waals surface area contributed by atoms with Crippen molar-refractivity contribution < 1.29 is 0 Å². The zero-order chi connectivity index (χ0) is 18.1. The molecule has 0 aliphatic heterocycles. The van der Waals surface area contributed by atoms with E-state index in [1.807, 2.05) is 30.3 Å². The molecule has 0 unspecified atom stereocenters. The molecule has 5 nitrogen and oxygen atoms in total. The second-order valence-electron chi connectivity index (χ2n) is 5.69. The Labute approximate surface area is 159 Å². The van der Waals surface area contributed by atoms with E-state index in [9.17, 15) is 0 Å². The summed E-state index contributed by atoms with van der Waals surface area (Å²) in [7, 11) is 0. The minimum Gasteiger partial charge on any atom is -0.383 e. The van der Waals surface area contributed by atoms with Crippen molar-refractivity contribution in [1.29, 1.82) is 0 Å². The number of rotatable bonds is 3. The number of benzene rings is 2. The van der Waals surface area contributed by atoms with Crippen LogP contribution in [0.1, 0.15) is 0 Å². The molecule has 0 spiro atoms. The van der Waals surface area contributed by atoms with Gasteiger partial charge in [0.2, 0.25) is 5.95 Å². The fourth-order valence-electron chi connectivity index (χ4n) is 2.65. The number of hydrogen-bond acceptors (Lipinski definition) is 5. The van der Waals surface area contributed by atoms with Crippen LogP contribution in [0.2, 0.25) is 10.0 Å². The molecule has 4 rings (SSSR count). The van der Waals surface area contributed by atoms with Gasteiger partial charge in [-0.3, -0.25) is 4.98 Å². The molecule has 7 heteroatoms. The molecule has 0 aliphatic rings. The number of aromatic nitrogens is 3. The molecule has 0 bridgehead atoms. The number of nitrogens with one attached hydrogen (secondary N) is 1. The Morgan fingerprint density at radius 2 is 1.65 bits per heavy atom. The highest BCUT2D eigenvalue weighted by atomic mass is 35.5. The molecule has 0 amide bonds. The monoisotopic (exact) mass is 381 g/mol. The van der Waals surface area contributed by atoms with Gasteiger partial charge >= 0.3 is 0 Å². The number of pyridine rings is 1. The fourth-order valence-corrected chi connectivity index (χ4v) is 3.18. The average Bonchev–Trinajstić information content (AvgIpc) is 2.60. The summed E-state index contributed by atoms with van der Waals surface area (Å²) < 4.78 is 0. The van der Waals surface area contributed by atoms with Crippen molar-refractivity contribution in [2.45, 2.75) is 0 Å². The van der Waals surface area contributed by atoms with Crippen molar-refractivity contribution in [1.82, 2.24) is 15.0 Å². The molecule has 0 saturated carbocycles. The summed E-state index contributed by atoms with van der Waals surface area (Å²) in [5, 5.41) is 5.12. The molecule has 0 fully saturated rings. The normalized spacial score (nSPS) is 10.8. The second-order valence-corrected chi connectivity index (χ2v) is 6.57. The minimum absolute atomic E-state index is 0.354. The highest BCUT2D eigenvalue weighted by Crippen LogP contribution is 2.28. The minimum atomic E-state index is 0.354. The first-order valence-corrected chi connectivity index (χ1v) is 8.55. The number of para-hydroxylation sites is 1. The maximum Gasteiger partial charge on any atom is 0.229 e. The van der Waals surface area contributed by atoms with E-state index in [2.05, 4.69) is 20.3 Å². The lowest BCUT2D eigenvalue weighted by Gasteiger charge is -2.09. The van der Waals surface area contributed by atoms with Crippen molar-refractivity contribution in [3.8, 4) is 11.1 Å². The maximum absolute atomic E-state index is 6.14. The summed E-state index contributed by atoms with van der Waals surface area (Å²) in [4.78, 5) is 13.1. The third-order valence-corrected chi connectivity index (χ3v) is 4.27. The number of nitrogens with two attached hydrogens (primary N) is 1. The summed E-state index contributed by atoms with van der Waals surface area (Å²) in [6, 6.07) is 15.0. The molecule has 2 aromatic heterocycles. The van der Waals surface area contributed by atoms with Crippen LogP contribution < -0.4 is 11.1 Å². The summed E-state index contributed by atoms with van der Waals surface area (Å²) in [6.45, 7) is 0. The van der Waals surface area contributed by atoms with Crippen LogP contribution in [0.25, 0.3) is 22.0 Å². The van der Waals surface area contributed by atoms with Gasteiger partial charge in [0.15, 0.2) is 0 Å². The van der Waals surface area contributed by atoms with Crippen LogP contribution >= 0.6 is 23.2 Å². The molecule has 128 valence electrons. The predicted octanol–water partition coefficient (Wildman–Crippen LogP) is 5.32. The van der Waals surface area contributed by atoms with Gasteiger partial charge in [-0.1, -0.05) is 41.4 Å². The van der Waals surface area contributed by atoms with Crippen LogP contribution in [0.5, 0.6) is 0 Å². The molecule has 0 aliphatic carbocycles. The van der Waals surface area contributed by atoms with Gasteiger partial charge in [0.25, 0.3) is 0 Å². The SMILES string of the molecule is Nc1nc(Nc2cc(Cl)cc(Cl)c2)ncc1-c1cnc2ccccc2c1. The largest absolute Gasteiger partial charge is 0.383 e. The number of hydrogen-bond donors (Lipinski definition) is 2. The second kappa shape index (κ2) is 6.78. The fraction of sp³-hybridized carbons (Fsp3) is 0. The molecule has 0 saturated heterocycles. The maximum atomic E-state index is 6.14.